The number of nitrogens with zero attached hydrogens (tertiary/aromatic N) is 4. The molecule has 5 rings (SSSR count). The minimum atomic E-state index is -0.168. The molecule has 1 aliphatic rings. The summed E-state index contributed by atoms with van der Waals surface area (Å²) in [7, 11) is 3.70. The lowest BCUT2D eigenvalue weighted by molar-refractivity contribution is 0.0227. The van der Waals surface area contributed by atoms with E-state index in [9.17, 15) is 4.79 Å². The summed E-state index contributed by atoms with van der Waals surface area (Å²) in [5, 5.41) is 1.20. The van der Waals surface area contributed by atoms with Crippen LogP contribution < -0.4 is 5.73 Å². The molecule has 1 amide bonds. The molecule has 2 aromatic heterocycles. The van der Waals surface area contributed by atoms with Gasteiger partial charge in [-0.05, 0) is 43.7 Å². The van der Waals surface area contributed by atoms with E-state index >= 15 is 0 Å². The number of aryl methyl sites for hydroxylation is 2. The lowest BCUT2D eigenvalue weighted by Crippen LogP contribution is -2.53. The molecule has 1 aliphatic heterocycles. The highest BCUT2D eigenvalue weighted by atomic mass is 16.5. The molecule has 2 N–H and O–H groups in total. The van der Waals surface area contributed by atoms with Crippen molar-refractivity contribution in [3.05, 3.63) is 54.1 Å². The van der Waals surface area contributed by atoms with Gasteiger partial charge in [-0.1, -0.05) is 18.2 Å². The lowest BCUT2D eigenvalue weighted by atomic mass is 10.0. The smallest absolute Gasteiger partial charge is 0.253 e. The number of methoxy groups -OCH3 is 1. The fourth-order valence-electron chi connectivity index (χ4n) is 4.92. The van der Waals surface area contributed by atoms with E-state index in [1.165, 1.54) is 10.9 Å². The van der Waals surface area contributed by atoms with E-state index in [4.69, 9.17) is 15.5 Å². The minimum Gasteiger partial charge on any atom is -0.380 e. The molecule has 0 radical (unpaired) electrons. The topological polar surface area (TPSA) is 78.3 Å². The molecule has 0 spiro atoms. The number of piperidine rings is 1. The molecule has 1 fully saturated rings. The highest BCUT2D eigenvalue weighted by molar-refractivity contribution is 5.98. The number of carbonyl (C=O) groups excluding carboxylic acids is 1. The maximum Gasteiger partial charge on any atom is 0.253 e. The van der Waals surface area contributed by atoms with Gasteiger partial charge in [0.25, 0.3) is 5.91 Å². The Labute approximate surface area is 187 Å². The maximum absolute atomic E-state index is 13.2. The van der Waals surface area contributed by atoms with Crippen molar-refractivity contribution in [1.82, 2.24) is 19.0 Å². The zero-order valence-electron chi connectivity index (χ0n) is 18.8. The standard InChI is InChI=1S/C25H29N5O2/c1-4-30-20-8-6-5-7-16(20)14-22(30)24-27-19-13-17(9-10-21(19)28(24)2)25(31)29-12-11-23(32-3)18(26)15-29/h5-10,13-14,18,23H,4,11-12,15,26H2,1-3H3/t18-,23-/m1/s1. The van der Waals surface area contributed by atoms with Crippen LogP contribution in [-0.2, 0) is 18.3 Å². The zero-order valence-corrected chi connectivity index (χ0v) is 18.8. The van der Waals surface area contributed by atoms with Crippen molar-refractivity contribution in [2.45, 2.75) is 32.0 Å². The van der Waals surface area contributed by atoms with Crippen molar-refractivity contribution >= 4 is 27.8 Å². The third kappa shape index (κ3) is 3.29. The Kier molecular flexibility index (Phi) is 5.23. The van der Waals surface area contributed by atoms with E-state index in [0.29, 0.717) is 18.7 Å². The van der Waals surface area contributed by atoms with E-state index < -0.39 is 0 Å². The van der Waals surface area contributed by atoms with Crippen LogP contribution in [0.25, 0.3) is 33.5 Å². The lowest BCUT2D eigenvalue weighted by Gasteiger charge is -2.35. The Hall–Kier alpha value is -3.16. The van der Waals surface area contributed by atoms with E-state index in [1.807, 2.05) is 30.1 Å². The van der Waals surface area contributed by atoms with E-state index in [-0.39, 0.29) is 18.1 Å². The molecule has 4 aromatic rings. The van der Waals surface area contributed by atoms with Gasteiger partial charge >= 0.3 is 0 Å². The summed E-state index contributed by atoms with van der Waals surface area (Å²) >= 11 is 0. The van der Waals surface area contributed by atoms with Crippen molar-refractivity contribution < 1.29 is 9.53 Å². The quantitative estimate of drug-likeness (QED) is 0.537. The number of nitrogens with two attached hydrogens (primary N) is 1. The summed E-state index contributed by atoms with van der Waals surface area (Å²) < 4.78 is 9.80. The molecule has 166 valence electrons. The number of imidazole rings is 1. The molecule has 0 aliphatic carbocycles. The van der Waals surface area contributed by atoms with Gasteiger partial charge in [0.05, 0.1) is 22.8 Å². The van der Waals surface area contributed by atoms with Crippen LogP contribution in [0.15, 0.2) is 48.5 Å². The fraction of sp³-hybridized carbons (Fsp3) is 0.360. The Morgan fingerprint density at radius 2 is 2.00 bits per heavy atom. The predicted octanol–water partition coefficient (Wildman–Crippen LogP) is 3.40. The van der Waals surface area contributed by atoms with Gasteiger partial charge in [0.15, 0.2) is 5.82 Å². The van der Waals surface area contributed by atoms with Crippen LogP contribution >= 0.6 is 0 Å². The molecular formula is C25H29N5O2. The Balaban J connectivity index is 1.51. The number of hydrogen-bond donors (Lipinski definition) is 1. The summed E-state index contributed by atoms with van der Waals surface area (Å²) in [6.07, 6.45) is 0.756. The first-order chi connectivity index (χ1) is 15.5. The molecule has 0 saturated carbocycles. The van der Waals surface area contributed by atoms with Gasteiger partial charge in [-0.3, -0.25) is 4.79 Å². The van der Waals surface area contributed by atoms with Gasteiger partial charge in [-0.2, -0.15) is 0 Å². The minimum absolute atomic E-state index is 0.00481. The molecule has 32 heavy (non-hydrogen) atoms. The van der Waals surface area contributed by atoms with Crippen LogP contribution in [0.1, 0.15) is 23.7 Å². The van der Waals surface area contributed by atoms with Gasteiger partial charge in [0.1, 0.15) is 0 Å². The van der Waals surface area contributed by atoms with Crippen molar-refractivity contribution in [3.8, 4) is 11.5 Å². The predicted molar refractivity (Wildman–Crippen MR) is 127 cm³/mol. The SMILES string of the molecule is CCn1c(-c2nc3cc(C(=O)N4CC[C@@H](OC)[C@H](N)C4)ccc3n2C)cc2ccccc21. The summed E-state index contributed by atoms with van der Waals surface area (Å²) in [4.78, 5) is 19.9. The van der Waals surface area contributed by atoms with Crippen LogP contribution in [0.5, 0.6) is 0 Å². The molecule has 2 aromatic carbocycles. The summed E-state index contributed by atoms with van der Waals surface area (Å²) in [5.41, 5.74) is 10.9. The van der Waals surface area contributed by atoms with Gasteiger partial charge in [0.2, 0.25) is 0 Å². The van der Waals surface area contributed by atoms with E-state index in [0.717, 1.165) is 35.5 Å². The number of carbonyl (C=O) groups is 1. The van der Waals surface area contributed by atoms with Gasteiger partial charge in [-0.25, -0.2) is 4.98 Å². The van der Waals surface area contributed by atoms with Crippen LogP contribution in [0.2, 0.25) is 0 Å². The molecule has 0 bridgehead atoms. The average Bonchev–Trinajstić information content (AvgIpc) is 3.35. The van der Waals surface area contributed by atoms with Crippen molar-refractivity contribution in [2.75, 3.05) is 20.2 Å². The van der Waals surface area contributed by atoms with Crippen LogP contribution in [0.3, 0.4) is 0 Å². The first-order valence-corrected chi connectivity index (χ1v) is 11.1. The van der Waals surface area contributed by atoms with Gasteiger partial charge in [-0.15, -0.1) is 0 Å². The number of benzene rings is 2. The average molecular weight is 432 g/mol. The number of rotatable bonds is 4. The fourth-order valence-corrected chi connectivity index (χ4v) is 4.92. The molecule has 3 heterocycles. The number of ether oxygens (including phenoxy) is 1. The summed E-state index contributed by atoms with van der Waals surface area (Å²) in [6, 6.07) is 16.2. The molecule has 2 atom stereocenters. The molecule has 1 saturated heterocycles. The Morgan fingerprint density at radius 3 is 2.75 bits per heavy atom. The number of aromatic nitrogens is 3. The van der Waals surface area contributed by atoms with E-state index in [1.54, 1.807) is 7.11 Å². The Morgan fingerprint density at radius 1 is 1.19 bits per heavy atom. The largest absolute Gasteiger partial charge is 0.380 e. The highest BCUT2D eigenvalue weighted by Gasteiger charge is 2.29. The third-order valence-electron chi connectivity index (χ3n) is 6.67. The number of amides is 1. The number of hydrogen-bond acceptors (Lipinski definition) is 4. The molecule has 7 heteroatoms. The van der Waals surface area contributed by atoms with Crippen molar-refractivity contribution in [1.29, 1.82) is 0 Å². The first kappa shape index (κ1) is 20.7. The first-order valence-electron chi connectivity index (χ1n) is 11.1. The molecule has 0 unspecified atom stereocenters. The van der Waals surface area contributed by atoms with E-state index in [2.05, 4.69) is 46.4 Å². The van der Waals surface area contributed by atoms with Crippen molar-refractivity contribution in [2.24, 2.45) is 12.8 Å². The van der Waals surface area contributed by atoms with Crippen molar-refractivity contribution in [3.63, 3.8) is 0 Å². The maximum atomic E-state index is 13.2. The second-order valence-corrected chi connectivity index (χ2v) is 8.51. The zero-order chi connectivity index (χ0) is 22.4. The van der Waals surface area contributed by atoms with Gasteiger partial charge < -0.3 is 24.5 Å². The highest BCUT2D eigenvalue weighted by Crippen LogP contribution is 2.30. The second-order valence-electron chi connectivity index (χ2n) is 8.51. The monoisotopic (exact) mass is 431 g/mol. The molecular weight excluding hydrogens is 402 g/mol. The van der Waals surface area contributed by atoms with Crippen LogP contribution in [0.4, 0.5) is 0 Å². The number of para-hydroxylation sites is 1. The summed E-state index contributed by atoms with van der Waals surface area (Å²) in [5.74, 6) is 0.886. The second kappa shape index (κ2) is 8.07. The number of fused-ring (bicyclic) bond motifs is 2. The third-order valence-corrected chi connectivity index (χ3v) is 6.67. The summed E-state index contributed by atoms with van der Waals surface area (Å²) in [6.45, 7) is 4.15. The number of likely N-dealkylation sites (tertiary alicyclic amines) is 1. The van der Waals surface area contributed by atoms with Crippen LogP contribution in [0, 0.1) is 0 Å². The molecule has 7 nitrogen and oxygen atoms in total. The Bertz CT molecular complexity index is 1300. The van der Waals surface area contributed by atoms with Crippen LogP contribution in [-0.4, -0.2) is 57.3 Å². The normalized spacial score (nSPS) is 19.2. The van der Waals surface area contributed by atoms with Gasteiger partial charge in [0, 0.05) is 56.3 Å².